The lowest BCUT2D eigenvalue weighted by Crippen LogP contribution is -2.18. The van der Waals surface area contributed by atoms with E-state index in [1.54, 1.807) is 16.9 Å². The maximum atomic E-state index is 6.12. The molecule has 134 valence electrons. The Labute approximate surface area is 172 Å². The predicted molar refractivity (Wildman–Crippen MR) is 114 cm³/mol. The van der Waals surface area contributed by atoms with Crippen LogP contribution in [-0.4, -0.2) is 14.9 Å². The molecule has 3 rings (SSSR count). The summed E-state index contributed by atoms with van der Waals surface area (Å²) in [5.74, 6) is 0. The highest BCUT2D eigenvalue weighted by molar-refractivity contribution is 7.80. The molecule has 0 aliphatic carbocycles. The Balaban J connectivity index is 1.61. The van der Waals surface area contributed by atoms with Crippen LogP contribution in [-0.2, 0) is 6.54 Å². The molecule has 0 fully saturated rings. The molecule has 0 aliphatic heterocycles. The zero-order valence-corrected chi connectivity index (χ0v) is 16.8. The Morgan fingerprint density at radius 2 is 1.77 bits per heavy atom. The van der Waals surface area contributed by atoms with Crippen LogP contribution in [0.15, 0.2) is 48.8 Å². The molecule has 1 heterocycles. The Bertz CT molecular complexity index is 955. The van der Waals surface area contributed by atoms with E-state index < -0.39 is 0 Å². The second-order valence-corrected chi connectivity index (χ2v) is 7.35. The minimum atomic E-state index is 0.457. The van der Waals surface area contributed by atoms with E-state index >= 15 is 0 Å². The van der Waals surface area contributed by atoms with Gasteiger partial charge in [0, 0.05) is 16.9 Å². The van der Waals surface area contributed by atoms with Gasteiger partial charge in [0.15, 0.2) is 5.11 Å². The van der Waals surface area contributed by atoms with Crippen molar-refractivity contribution in [3.63, 3.8) is 0 Å². The quantitative estimate of drug-likeness (QED) is 0.502. The number of thiocarbonyl (C=S) groups is 1. The Morgan fingerprint density at radius 3 is 2.50 bits per heavy atom. The lowest BCUT2D eigenvalue weighted by atomic mass is 10.2. The first-order chi connectivity index (χ1) is 12.4. The van der Waals surface area contributed by atoms with Gasteiger partial charge in [0.25, 0.3) is 0 Å². The van der Waals surface area contributed by atoms with Gasteiger partial charge in [-0.2, -0.15) is 5.10 Å². The molecule has 0 aliphatic rings. The predicted octanol–water partition coefficient (Wildman–Crippen LogP) is 6.01. The first kappa shape index (κ1) is 19.0. The fraction of sp³-hybridized carbons (Fsp3) is 0.111. The molecule has 0 amide bonds. The zero-order chi connectivity index (χ0) is 18.7. The first-order valence-corrected chi connectivity index (χ1v) is 9.25. The fourth-order valence-electron chi connectivity index (χ4n) is 2.30. The third-order valence-electron chi connectivity index (χ3n) is 3.65. The van der Waals surface area contributed by atoms with E-state index in [2.05, 4.69) is 15.7 Å². The lowest BCUT2D eigenvalue weighted by molar-refractivity contribution is 0.687. The van der Waals surface area contributed by atoms with Gasteiger partial charge in [0.2, 0.25) is 0 Å². The van der Waals surface area contributed by atoms with E-state index in [1.807, 2.05) is 43.5 Å². The highest BCUT2D eigenvalue weighted by Gasteiger charge is 2.05. The summed E-state index contributed by atoms with van der Waals surface area (Å²) in [6.07, 6.45) is 3.56. The van der Waals surface area contributed by atoms with Gasteiger partial charge in [0.05, 0.1) is 28.5 Å². The molecule has 4 nitrogen and oxygen atoms in total. The number of aryl methyl sites for hydroxylation is 1. The SMILES string of the molecule is Cc1ccc(NC(=S)Nc2cnn(Cc3ccc(Cl)c(Cl)c3)c2)cc1Cl. The summed E-state index contributed by atoms with van der Waals surface area (Å²) in [5.41, 5.74) is 3.62. The summed E-state index contributed by atoms with van der Waals surface area (Å²) in [6, 6.07) is 11.2. The second-order valence-electron chi connectivity index (χ2n) is 5.72. The normalized spacial score (nSPS) is 10.6. The molecule has 2 N–H and O–H groups in total. The van der Waals surface area contributed by atoms with E-state index in [4.69, 9.17) is 47.0 Å². The van der Waals surface area contributed by atoms with Crippen molar-refractivity contribution in [2.45, 2.75) is 13.5 Å². The number of rotatable bonds is 4. The summed E-state index contributed by atoms with van der Waals surface area (Å²) in [7, 11) is 0. The summed E-state index contributed by atoms with van der Waals surface area (Å²) in [5, 5.41) is 12.7. The summed E-state index contributed by atoms with van der Waals surface area (Å²) >= 11 is 23.4. The van der Waals surface area contributed by atoms with Crippen molar-refractivity contribution in [2.75, 3.05) is 10.6 Å². The number of nitrogens with zero attached hydrogens (tertiary/aromatic N) is 2. The van der Waals surface area contributed by atoms with Crippen molar-refractivity contribution in [1.82, 2.24) is 9.78 Å². The van der Waals surface area contributed by atoms with Crippen molar-refractivity contribution in [3.8, 4) is 0 Å². The van der Waals surface area contributed by atoms with Crippen LogP contribution in [0.25, 0.3) is 0 Å². The smallest absolute Gasteiger partial charge is 0.175 e. The highest BCUT2D eigenvalue weighted by atomic mass is 35.5. The van der Waals surface area contributed by atoms with Crippen LogP contribution in [0, 0.1) is 6.92 Å². The third-order valence-corrected chi connectivity index (χ3v) is 5.00. The molecule has 0 bridgehead atoms. The van der Waals surface area contributed by atoms with Crippen LogP contribution in [0.5, 0.6) is 0 Å². The van der Waals surface area contributed by atoms with Gasteiger partial charge in [-0.15, -0.1) is 0 Å². The average molecular weight is 426 g/mol. The summed E-state index contributed by atoms with van der Waals surface area (Å²) in [6.45, 7) is 2.53. The zero-order valence-electron chi connectivity index (χ0n) is 13.8. The van der Waals surface area contributed by atoms with Gasteiger partial charge >= 0.3 is 0 Å². The standard InChI is InChI=1S/C18H15Cl3N4S/c1-11-2-4-13(7-16(11)20)23-18(26)24-14-8-22-25(10-14)9-12-3-5-15(19)17(21)6-12/h2-8,10H,9H2,1H3,(H2,23,24,26). The van der Waals surface area contributed by atoms with Gasteiger partial charge in [0.1, 0.15) is 0 Å². The van der Waals surface area contributed by atoms with Crippen LogP contribution < -0.4 is 10.6 Å². The van der Waals surface area contributed by atoms with Gasteiger partial charge in [-0.25, -0.2) is 0 Å². The fourth-order valence-corrected chi connectivity index (χ4v) is 3.04. The number of nitrogens with one attached hydrogen (secondary N) is 2. The largest absolute Gasteiger partial charge is 0.332 e. The van der Waals surface area contributed by atoms with E-state index in [1.165, 1.54) is 0 Å². The lowest BCUT2D eigenvalue weighted by Gasteiger charge is -2.10. The topological polar surface area (TPSA) is 41.9 Å². The minimum absolute atomic E-state index is 0.457. The van der Waals surface area contributed by atoms with Gasteiger partial charge < -0.3 is 10.6 Å². The molecule has 26 heavy (non-hydrogen) atoms. The molecular weight excluding hydrogens is 411 g/mol. The van der Waals surface area contributed by atoms with E-state index in [0.29, 0.717) is 26.7 Å². The molecule has 3 aromatic rings. The molecule has 2 aromatic carbocycles. The van der Waals surface area contributed by atoms with Gasteiger partial charge in [-0.3, -0.25) is 4.68 Å². The number of aromatic nitrogens is 2. The van der Waals surface area contributed by atoms with E-state index in [0.717, 1.165) is 22.5 Å². The van der Waals surface area contributed by atoms with Crippen molar-refractivity contribution >= 4 is 63.5 Å². The van der Waals surface area contributed by atoms with E-state index in [-0.39, 0.29) is 0 Å². The van der Waals surface area contributed by atoms with Crippen molar-refractivity contribution in [2.24, 2.45) is 0 Å². The van der Waals surface area contributed by atoms with Crippen LogP contribution in [0.4, 0.5) is 11.4 Å². The minimum Gasteiger partial charge on any atom is -0.332 e. The number of benzene rings is 2. The van der Waals surface area contributed by atoms with Crippen LogP contribution >= 0.6 is 47.0 Å². The van der Waals surface area contributed by atoms with Gasteiger partial charge in [-0.05, 0) is 54.5 Å². The molecule has 8 heteroatoms. The molecule has 0 radical (unpaired) electrons. The maximum Gasteiger partial charge on any atom is 0.175 e. The maximum absolute atomic E-state index is 6.12. The summed E-state index contributed by atoms with van der Waals surface area (Å²) in [4.78, 5) is 0. The number of hydrogen-bond donors (Lipinski definition) is 2. The number of anilines is 2. The number of hydrogen-bond acceptors (Lipinski definition) is 2. The molecule has 0 saturated carbocycles. The second kappa shape index (κ2) is 8.27. The van der Waals surface area contributed by atoms with Crippen LogP contribution in [0.2, 0.25) is 15.1 Å². The molecule has 0 atom stereocenters. The monoisotopic (exact) mass is 424 g/mol. The average Bonchev–Trinajstić information content (AvgIpc) is 3.01. The molecular formula is C18H15Cl3N4S. The third kappa shape index (κ3) is 4.89. The first-order valence-electron chi connectivity index (χ1n) is 7.71. The van der Waals surface area contributed by atoms with Crippen molar-refractivity contribution in [3.05, 3.63) is 75.0 Å². The van der Waals surface area contributed by atoms with Crippen molar-refractivity contribution < 1.29 is 0 Å². The van der Waals surface area contributed by atoms with Gasteiger partial charge in [-0.1, -0.05) is 46.9 Å². The van der Waals surface area contributed by atoms with Crippen LogP contribution in [0.3, 0.4) is 0 Å². The summed E-state index contributed by atoms with van der Waals surface area (Å²) < 4.78 is 1.78. The molecule has 0 unspecified atom stereocenters. The highest BCUT2D eigenvalue weighted by Crippen LogP contribution is 2.23. The molecule has 1 aromatic heterocycles. The Hall–Kier alpha value is -1.79. The molecule has 0 spiro atoms. The van der Waals surface area contributed by atoms with Crippen LogP contribution in [0.1, 0.15) is 11.1 Å². The Morgan fingerprint density at radius 1 is 1.00 bits per heavy atom. The van der Waals surface area contributed by atoms with Crippen molar-refractivity contribution in [1.29, 1.82) is 0 Å². The Kier molecular flexibility index (Phi) is 6.04. The van der Waals surface area contributed by atoms with E-state index in [9.17, 15) is 0 Å². The molecule has 0 saturated heterocycles. The number of halogens is 3.